The summed E-state index contributed by atoms with van der Waals surface area (Å²) in [6, 6.07) is 7.14. The van der Waals surface area contributed by atoms with Gasteiger partial charge in [0.05, 0.1) is 23.8 Å². The molecule has 0 unspecified atom stereocenters. The van der Waals surface area contributed by atoms with Crippen LogP contribution in [0.15, 0.2) is 24.3 Å². The van der Waals surface area contributed by atoms with Gasteiger partial charge >= 0.3 is 0 Å². The van der Waals surface area contributed by atoms with Crippen LogP contribution in [0.5, 0.6) is 5.75 Å². The number of carbonyl (C=O) groups is 3. The van der Waals surface area contributed by atoms with Crippen LogP contribution in [0, 0.1) is 0 Å². The van der Waals surface area contributed by atoms with E-state index in [1.165, 1.54) is 6.92 Å². The van der Waals surface area contributed by atoms with Gasteiger partial charge in [-0.1, -0.05) is 12.1 Å². The molecule has 1 rings (SSSR count). The molecule has 0 saturated carbocycles. The van der Waals surface area contributed by atoms with Crippen molar-refractivity contribution in [2.75, 3.05) is 23.4 Å². The minimum Gasteiger partial charge on any atom is -0.492 e. The van der Waals surface area contributed by atoms with Crippen LogP contribution in [0.1, 0.15) is 13.8 Å². The molecule has 0 spiro atoms. The van der Waals surface area contributed by atoms with Gasteiger partial charge in [0.1, 0.15) is 5.75 Å². The fourth-order valence-corrected chi connectivity index (χ4v) is 2.08. The highest BCUT2D eigenvalue weighted by Gasteiger charge is 2.09. The Morgan fingerprint density at radius 3 is 2.45 bits per heavy atom. The number of rotatable bonds is 7. The zero-order valence-corrected chi connectivity index (χ0v) is 13.3. The lowest BCUT2D eigenvalue weighted by Gasteiger charge is -2.11. The number of amides is 3. The van der Waals surface area contributed by atoms with Crippen LogP contribution in [0.3, 0.4) is 0 Å². The van der Waals surface area contributed by atoms with Crippen LogP contribution < -0.4 is 20.9 Å². The van der Waals surface area contributed by atoms with Crippen molar-refractivity contribution < 1.29 is 19.1 Å². The molecule has 1 aromatic carbocycles. The molecule has 1 aromatic rings. The zero-order valence-electron chi connectivity index (χ0n) is 12.5. The molecular weight excluding hydrogens is 306 g/mol. The summed E-state index contributed by atoms with van der Waals surface area (Å²) in [5.74, 6) is -0.169. The van der Waals surface area contributed by atoms with Crippen LogP contribution in [0.2, 0.25) is 0 Å². The van der Waals surface area contributed by atoms with Crippen LogP contribution in [-0.2, 0) is 14.4 Å². The van der Waals surface area contributed by atoms with Gasteiger partial charge < -0.3 is 10.1 Å². The Balaban J connectivity index is 2.35. The molecular formula is C14H19N3O4S. The standard InChI is InChI=1S/C14H19N3O4S/c1-3-21-12-7-5-4-6-11(12)15-13(19)8-22-9-14(20)17-16-10(2)18/h4-7H,3,8-9H2,1-2H3,(H,15,19)(H,16,18)(H,17,20). The monoisotopic (exact) mass is 325 g/mol. The molecule has 3 N–H and O–H groups in total. The minimum atomic E-state index is -0.372. The maximum atomic E-state index is 11.8. The highest BCUT2D eigenvalue weighted by molar-refractivity contribution is 8.00. The number of nitrogens with one attached hydrogen (secondary N) is 3. The SMILES string of the molecule is CCOc1ccccc1NC(=O)CSCC(=O)NNC(C)=O. The molecule has 120 valence electrons. The van der Waals surface area contributed by atoms with Crippen molar-refractivity contribution in [3.05, 3.63) is 24.3 Å². The summed E-state index contributed by atoms with van der Waals surface area (Å²) in [5.41, 5.74) is 4.99. The van der Waals surface area contributed by atoms with Crippen molar-refractivity contribution in [1.82, 2.24) is 10.9 Å². The topological polar surface area (TPSA) is 96.5 Å². The van der Waals surface area contributed by atoms with E-state index in [1.807, 2.05) is 13.0 Å². The quantitative estimate of drug-likeness (QED) is 0.648. The Bertz CT molecular complexity index is 537. The number of hydrogen-bond donors (Lipinski definition) is 3. The van der Waals surface area contributed by atoms with E-state index < -0.39 is 0 Å². The Morgan fingerprint density at radius 2 is 1.77 bits per heavy atom. The maximum Gasteiger partial charge on any atom is 0.248 e. The van der Waals surface area contributed by atoms with E-state index >= 15 is 0 Å². The number of thioether (sulfide) groups is 1. The van der Waals surface area contributed by atoms with Gasteiger partial charge in [0.2, 0.25) is 17.7 Å². The van der Waals surface area contributed by atoms with Crippen LogP contribution in [0.25, 0.3) is 0 Å². The lowest BCUT2D eigenvalue weighted by molar-refractivity contribution is -0.126. The summed E-state index contributed by atoms with van der Waals surface area (Å²) in [6.07, 6.45) is 0. The molecule has 0 aromatic heterocycles. The normalized spacial score (nSPS) is 9.73. The molecule has 0 aliphatic heterocycles. The van der Waals surface area contributed by atoms with Crippen LogP contribution in [0.4, 0.5) is 5.69 Å². The van der Waals surface area contributed by atoms with Gasteiger partial charge in [-0.3, -0.25) is 25.2 Å². The second-order valence-electron chi connectivity index (χ2n) is 4.20. The van der Waals surface area contributed by atoms with Gasteiger partial charge in [-0.25, -0.2) is 0 Å². The first-order valence-corrected chi connectivity index (χ1v) is 7.83. The van der Waals surface area contributed by atoms with Crippen molar-refractivity contribution in [3.8, 4) is 5.75 Å². The highest BCUT2D eigenvalue weighted by Crippen LogP contribution is 2.23. The second-order valence-corrected chi connectivity index (χ2v) is 5.19. The van der Waals surface area contributed by atoms with E-state index in [4.69, 9.17) is 4.74 Å². The van der Waals surface area contributed by atoms with E-state index in [-0.39, 0.29) is 29.2 Å². The summed E-state index contributed by atoms with van der Waals surface area (Å²) in [4.78, 5) is 33.8. The van der Waals surface area contributed by atoms with E-state index in [0.29, 0.717) is 18.0 Å². The van der Waals surface area contributed by atoms with Gasteiger partial charge in [0.25, 0.3) is 0 Å². The second kappa shape index (κ2) is 9.67. The maximum absolute atomic E-state index is 11.8. The van der Waals surface area contributed by atoms with E-state index in [1.54, 1.807) is 18.2 Å². The molecule has 0 aliphatic rings. The van der Waals surface area contributed by atoms with Crippen molar-refractivity contribution in [2.24, 2.45) is 0 Å². The third-order valence-electron chi connectivity index (χ3n) is 2.31. The van der Waals surface area contributed by atoms with Gasteiger partial charge in [0.15, 0.2) is 0 Å². The summed E-state index contributed by atoms with van der Waals surface area (Å²) in [5, 5.41) is 2.73. The average Bonchev–Trinajstić information content (AvgIpc) is 2.47. The molecule has 0 aliphatic carbocycles. The third-order valence-corrected chi connectivity index (χ3v) is 3.24. The lowest BCUT2D eigenvalue weighted by atomic mass is 10.3. The summed E-state index contributed by atoms with van der Waals surface area (Å²) in [6.45, 7) is 3.66. The molecule has 0 radical (unpaired) electrons. The minimum absolute atomic E-state index is 0.0702. The number of carbonyl (C=O) groups excluding carboxylic acids is 3. The van der Waals surface area contributed by atoms with Crippen molar-refractivity contribution >= 4 is 35.2 Å². The summed E-state index contributed by atoms with van der Waals surface area (Å²) >= 11 is 1.14. The number of ether oxygens (including phenoxy) is 1. The number of anilines is 1. The molecule has 0 atom stereocenters. The molecule has 22 heavy (non-hydrogen) atoms. The van der Waals surface area contributed by atoms with E-state index in [0.717, 1.165) is 11.8 Å². The van der Waals surface area contributed by atoms with Gasteiger partial charge in [-0.15, -0.1) is 11.8 Å². The number of hydrazine groups is 1. The largest absolute Gasteiger partial charge is 0.492 e. The van der Waals surface area contributed by atoms with Crippen LogP contribution >= 0.6 is 11.8 Å². The van der Waals surface area contributed by atoms with Crippen molar-refractivity contribution in [1.29, 1.82) is 0 Å². The van der Waals surface area contributed by atoms with Crippen molar-refractivity contribution in [2.45, 2.75) is 13.8 Å². The Hall–Kier alpha value is -2.22. The van der Waals surface area contributed by atoms with Gasteiger partial charge in [-0.05, 0) is 19.1 Å². The zero-order chi connectivity index (χ0) is 16.4. The fourth-order valence-electron chi connectivity index (χ4n) is 1.47. The van der Waals surface area contributed by atoms with Crippen LogP contribution in [-0.4, -0.2) is 35.8 Å². The number of hydrogen-bond acceptors (Lipinski definition) is 5. The number of benzene rings is 1. The molecule has 0 fully saturated rings. The Labute approximate surface area is 133 Å². The van der Waals surface area contributed by atoms with E-state index in [2.05, 4.69) is 16.2 Å². The smallest absolute Gasteiger partial charge is 0.248 e. The molecule has 0 heterocycles. The van der Waals surface area contributed by atoms with Crippen molar-refractivity contribution in [3.63, 3.8) is 0 Å². The Morgan fingerprint density at radius 1 is 1.09 bits per heavy atom. The van der Waals surface area contributed by atoms with E-state index in [9.17, 15) is 14.4 Å². The number of para-hydroxylation sites is 2. The highest BCUT2D eigenvalue weighted by atomic mass is 32.2. The lowest BCUT2D eigenvalue weighted by Crippen LogP contribution is -2.41. The average molecular weight is 325 g/mol. The van der Waals surface area contributed by atoms with Gasteiger partial charge in [0, 0.05) is 6.92 Å². The molecule has 3 amide bonds. The molecule has 0 saturated heterocycles. The Kier molecular flexibility index (Phi) is 7.84. The summed E-state index contributed by atoms with van der Waals surface area (Å²) in [7, 11) is 0. The predicted molar refractivity (Wildman–Crippen MR) is 85.5 cm³/mol. The first-order valence-electron chi connectivity index (χ1n) is 6.67. The summed E-state index contributed by atoms with van der Waals surface area (Å²) < 4.78 is 5.41. The first kappa shape index (κ1) is 17.8. The third kappa shape index (κ3) is 6.98. The first-order chi connectivity index (χ1) is 10.5. The molecule has 7 nitrogen and oxygen atoms in total. The van der Waals surface area contributed by atoms with Gasteiger partial charge in [-0.2, -0.15) is 0 Å². The predicted octanol–water partition coefficient (Wildman–Crippen LogP) is 0.924. The fraction of sp³-hybridized carbons (Fsp3) is 0.357. The molecule has 0 bridgehead atoms. The molecule has 8 heteroatoms.